The molecule has 0 saturated carbocycles. The van der Waals surface area contributed by atoms with Crippen molar-refractivity contribution in [3.8, 4) is 0 Å². The third-order valence-electron chi connectivity index (χ3n) is 3.24. The monoisotopic (exact) mass is 268 g/mol. The predicted octanol–water partition coefficient (Wildman–Crippen LogP) is 2.76. The van der Waals surface area contributed by atoms with Crippen molar-refractivity contribution in [1.29, 1.82) is 0 Å². The van der Waals surface area contributed by atoms with Gasteiger partial charge in [-0.1, -0.05) is 49.4 Å². The second-order valence-corrected chi connectivity index (χ2v) is 4.84. The lowest BCUT2D eigenvalue weighted by Crippen LogP contribution is -2.37. The summed E-state index contributed by atoms with van der Waals surface area (Å²) in [6.45, 7) is 2.09. The normalized spacial score (nSPS) is 11.9. The Morgan fingerprint density at radius 1 is 1.10 bits per heavy atom. The van der Waals surface area contributed by atoms with Crippen molar-refractivity contribution in [2.75, 3.05) is 5.32 Å². The van der Waals surface area contributed by atoms with Crippen LogP contribution >= 0.6 is 0 Å². The Labute approximate surface area is 119 Å². The molecule has 104 valence electrons. The quantitative estimate of drug-likeness (QED) is 0.876. The average Bonchev–Trinajstić information content (AvgIpc) is 2.48. The summed E-state index contributed by atoms with van der Waals surface area (Å²) in [4.78, 5) is 12.1. The number of rotatable bonds is 5. The first-order valence-electron chi connectivity index (χ1n) is 6.88. The van der Waals surface area contributed by atoms with Gasteiger partial charge in [0.05, 0.1) is 6.04 Å². The van der Waals surface area contributed by atoms with E-state index in [0.717, 1.165) is 17.7 Å². The minimum absolute atomic E-state index is 0.151. The number of nitrogens with two attached hydrogens (primary N) is 1. The molecule has 0 bridgehead atoms. The van der Waals surface area contributed by atoms with E-state index >= 15 is 0 Å². The van der Waals surface area contributed by atoms with Crippen molar-refractivity contribution in [3.05, 3.63) is 65.7 Å². The number of amides is 1. The molecule has 0 saturated heterocycles. The average molecular weight is 268 g/mol. The highest BCUT2D eigenvalue weighted by Gasteiger charge is 2.14. The van der Waals surface area contributed by atoms with Crippen molar-refractivity contribution < 1.29 is 4.79 Å². The summed E-state index contributed by atoms with van der Waals surface area (Å²) in [5.74, 6) is -0.151. The molecule has 1 atom stereocenters. The summed E-state index contributed by atoms with van der Waals surface area (Å²) in [5.41, 5.74) is 9.02. The van der Waals surface area contributed by atoms with Gasteiger partial charge >= 0.3 is 0 Å². The van der Waals surface area contributed by atoms with Crippen molar-refractivity contribution in [2.24, 2.45) is 5.73 Å². The van der Waals surface area contributed by atoms with Crippen LogP contribution in [0, 0.1) is 0 Å². The van der Waals surface area contributed by atoms with E-state index in [4.69, 9.17) is 5.73 Å². The van der Waals surface area contributed by atoms with Crippen molar-refractivity contribution in [3.63, 3.8) is 0 Å². The standard InChI is InChI=1S/C17H20N2O/c1-2-13-9-6-10-15(11-13)19-17(20)16(18)12-14-7-4-3-5-8-14/h3-11,16H,2,12,18H2,1H3,(H,19,20)/t16-/m1/s1. The van der Waals surface area contributed by atoms with Gasteiger partial charge in [0, 0.05) is 5.69 Å². The zero-order valence-corrected chi connectivity index (χ0v) is 11.7. The Bertz CT molecular complexity index is 566. The maximum Gasteiger partial charge on any atom is 0.241 e. The molecule has 0 fully saturated rings. The minimum atomic E-state index is -0.539. The number of hydrogen-bond donors (Lipinski definition) is 2. The second-order valence-electron chi connectivity index (χ2n) is 4.84. The highest BCUT2D eigenvalue weighted by atomic mass is 16.2. The lowest BCUT2D eigenvalue weighted by molar-refractivity contribution is -0.117. The number of carbonyl (C=O) groups excluding carboxylic acids is 1. The van der Waals surface area contributed by atoms with Gasteiger partial charge in [-0.3, -0.25) is 4.79 Å². The molecular formula is C17H20N2O. The summed E-state index contributed by atoms with van der Waals surface area (Å²) < 4.78 is 0. The fourth-order valence-electron chi connectivity index (χ4n) is 2.06. The summed E-state index contributed by atoms with van der Waals surface area (Å²) in [5, 5.41) is 2.87. The van der Waals surface area contributed by atoms with E-state index < -0.39 is 6.04 Å². The first kappa shape index (κ1) is 14.3. The Kier molecular flexibility index (Phi) is 4.91. The summed E-state index contributed by atoms with van der Waals surface area (Å²) in [7, 11) is 0. The third kappa shape index (κ3) is 3.93. The first-order chi connectivity index (χ1) is 9.69. The fraction of sp³-hybridized carbons (Fsp3) is 0.235. The molecule has 0 aliphatic carbocycles. The van der Waals surface area contributed by atoms with Gasteiger partial charge in [0.25, 0.3) is 0 Å². The molecule has 2 rings (SSSR count). The topological polar surface area (TPSA) is 55.1 Å². The molecule has 0 spiro atoms. The molecule has 0 radical (unpaired) electrons. The van der Waals surface area contributed by atoms with Crippen LogP contribution in [0.3, 0.4) is 0 Å². The van der Waals surface area contributed by atoms with Crippen LogP contribution in [-0.4, -0.2) is 11.9 Å². The maximum absolute atomic E-state index is 12.1. The third-order valence-corrected chi connectivity index (χ3v) is 3.24. The number of hydrogen-bond acceptors (Lipinski definition) is 2. The first-order valence-corrected chi connectivity index (χ1v) is 6.88. The zero-order valence-electron chi connectivity index (χ0n) is 11.7. The van der Waals surface area contributed by atoms with E-state index in [1.165, 1.54) is 5.56 Å². The molecule has 0 aromatic heterocycles. The fourth-order valence-corrected chi connectivity index (χ4v) is 2.06. The van der Waals surface area contributed by atoms with Gasteiger partial charge in [-0.25, -0.2) is 0 Å². The van der Waals surface area contributed by atoms with Crippen LogP contribution < -0.4 is 11.1 Å². The van der Waals surface area contributed by atoms with E-state index in [9.17, 15) is 4.79 Å². The molecule has 3 nitrogen and oxygen atoms in total. The number of carbonyl (C=O) groups is 1. The second kappa shape index (κ2) is 6.87. The largest absolute Gasteiger partial charge is 0.325 e. The van der Waals surface area contributed by atoms with Crippen molar-refractivity contribution >= 4 is 11.6 Å². The summed E-state index contributed by atoms with van der Waals surface area (Å²) in [6, 6.07) is 17.1. The number of aryl methyl sites for hydroxylation is 1. The van der Waals surface area contributed by atoms with Crippen LogP contribution in [0.2, 0.25) is 0 Å². The van der Waals surface area contributed by atoms with E-state index in [2.05, 4.69) is 12.2 Å². The number of anilines is 1. The SMILES string of the molecule is CCc1cccc(NC(=O)[C@H](N)Cc2ccccc2)c1. The van der Waals surface area contributed by atoms with E-state index in [-0.39, 0.29) is 5.91 Å². The van der Waals surface area contributed by atoms with E-state index in [0.29, 0.717) is 6.42 Å². The number of benzene rings is 2. The molecule has 0 unspecified atom stereocenters. The Hall–Kier alpha value is -2.13. The van der Waals surface area contributed by atoms with Gasteiger partial charge in [-0.15, -0.1) is 0 Å². The highest BCUT2D eigenvalue weighted by molar-refractivity contribution is 5.94. The summed E-state index contributed by atoms with van der Waals surface area (Å²) in [6.07, 6.45) is 1.49. The van der Waals surface area contributed by atoms with E-state index in [1.54, 1.807) is 0 Å². The lowest BCUT2D eigenvalue weighted by atomic mass is 10.1. The van der Waals surface area contributed by atoms with Gasteiger partial charge in [0.15, 0.2) is 0 Å². The molecular weight excluding hydrogens is 248 g/mol. The van der Waals surface area contributed by atoms with Crippen LogP contribution in [0.4, 0.5) is 5.69 Å². The summed E-state index contributed by atoms with van der Waals surface area (Å²) >= 11 is 0. The van der Waals surface area contributed by atoms with Crippen LogP contribution in [-0.2, 0) is 17.6 Å². The van der Waals surface area contributed by atoms with Gasteiger partial charge < -0.3 is 11.1 Å². The van der Waals surface area contributed by atoms with Crippen molar-refractivity contribution in [1.82, 2.24) is 0 Å². The van der Waals surface area contributed by atoms with Crippen molar-refractivity contribution in [2.45, 2.75) is 25.8 Å². The smallest absolute Gasteiger partial charge is 0.241 e. The van der Waals surface area contributed by atoms with Crippen LogP contribution in [0.15, 0.2) is 54.6 Å². The lowest BCUT2D eigenvalue weighted by Gasteiger charge is -2.13. The molecule has 3 heteroatoms. The number of nitrogens with one attached hydrogen (secondary N) is 1. The Balaban J connectivity index is 1.97. The zero-order chi connectivity index (χ0) is 14.4. The molecule has 1 amide bonds. The predicted molar refractivity (Wildman–Crippen MR) is 82.6 cm³/mol. The molecule has 20 heavy (non-hydrogen) atoms. The molecule has 3 N–H and O–H groups in total. The highest BCUT2D eigenvalue weighted by Crippen LogP contribution is 2.12. The van der Waals surface area contributed by atoms with Crippen LogP contribution in [0.25, 0.3) is 0 Å². The molecule has 2 aromatic carbocycles. The Morgan fingerprint density at radius 2 is 1.80 bits per heavy atom. The molecule has 0 aliphatic heterocycles. The van der Waals surface area contributed by atoms with Gasteiger partial charge in [0.2, 0.25) is 5.91 Å². The molecule has 0 aliphatic rings. The molecule has 0 heterocycles. The minimum Gasteiger partial charge on any atom is -0.325 e. The van der Waals surface area contributed by atoms with Crippen LogP contribution in [0.1, 0.15) is 18.1 Å². The van der Waals surface area contributed by atoms with Crippen LogP contribution in [0.5, 0.6) is 0 Å². The van der Waals surface area contributed by atoms with Gasteiger partial charge in [-0.2, -0.15) is 0 Å². The Morgan fingerprint density at radius 3 is 2.50 bits per heavy atom. The maximum atomic E-state index is 12.1. The van der Waals surface area contributed by atoms with Gasteiger partial charge in [-0.05, 0) is 36.1 Å². The van der Waals surface area contributed by atoms with Gasteiger partial charge in [0.1, 0.15) is 0 Å². The molecule has 2 aromatic rings. The van der Waals surface area contributed by atoms with E-state index in [1.807, 2.05) is 54.6 Å².